The van der Waals surface area contributed by atoms with Crippen LogP contribution in [0.4, 0.5) is 4.79 Å². The van der Waals surface area contributed by atoms with E-state index in [1.165, 1.54) is 0 Å². The van der Waals surface area contributed by atoms with E-state index in [4.69, 9.17) is 21.1 Å². The summed E-state index contributed by atoms with van der Waals surface area (Å²) in [6, 6.07) is 0.0955. The van der Waals surface area contributed by atoms with Crippen LogP contribution in [-0.4, -0.2) is 59.7 Å². The van der Waals surface area contributed by atoms with Gasteiger partial charge in [0, 0.05) is 19.1 Å². The highest BCUT2D eigenvalue weighted by Gasteiger charge is 2.41. The molecule has 6 nitrogen and oxygen atoms in total. The number of rotatable bonds is 2. The average molecular weight is 347 g/mol. The van der Waals surface area contributed by atoms with Crippen LogP contribution in [0.1, 0.15) is 46.5 Å². The van der Waals surface area contributed by atoms with Gasteiger partial charge in [-0.1, -0.05) is 0 Å². The number of hydrogen-bond acceptors (Lipinski definition) is 4. The first-order valence-corrected chi connectivity index (χ1v) is 8.74. The minimum Gasteiger partial charge on any atom is -0.444 e. The third kappa shape index (κ3) is 5.24. The van der Waals surface area contributed by atoms with Gasteiger partial charge in [0.05, 0.1) is 12.2 Å². The molecule has 2 aliphatic rings. The van der Waals surface area contributed by atoms with Crippen molar-refractivity contribution in [1.82, 2.24) is 10.2 Å². The Morgan fingerprint density at radius 1 is 1.35 bits per heavy atom. The van der Waals surface area contributed by atoms with Crippen LogP contribution < -0.4 is 5.32 Å². The molecule has 2 rings (SSSR count). The highest BCUT2D eigenvalue weighted by Crippen LogP contribution is 2.34. The molecule has 23 heavy (non-hydrogen) atoms. The van der Waals surface area contributed by atoms with Gasteiger partial charge >= 0.3 is 6.09 Å². The zero-order valence-corrected chi connectivity index (χ0v) is 14.9. The number of nitrogens with zero attached hydrogens (tertiary/aromatic N) is 1. The largest absolute Gasteiger partial charge is 0.444 e. The summed E-state index contributed by atoms with van der Waals surface area (Å²) in [7, 11) is 0. The van der Waals surface area contributed by atoms with Crippen LogP contribution in [0.5, 0.6) is 0 Å². The lowest BCUT2D eigenvalue weighted by molar-refractivity contribution is -0.155. The molecular weight excluding hydrogens is 320 g/mol. The second kappa shape index (κ2) is 7.26. The lowest BCUT2D eigenvalue weighted by atomic mass is 9.81. The highest BCUT2D eigenvalue weighted by molar-refractivity contribution is 6.27. The van der Waals surface area contributed by atoms with Crippen molar-refractivity contribution >= 4 is 23.6 Å². The summed E-state index contributed by atoms with van der Waals surface area (Å²) in [5.74, 6) is -0.0258. The fourth-order valence-corrected chi connectivity index (χ4v) is 3.38. The van der Waals surface area contributed by atoms with Gasteiger partial charge in [-0.2, -0.15) is 0 Å². The molecule has 0 aromatic rings. The lowest BCUT2D eigenvalue weighted by Crippen LogP contribution is -2.56. The Hall–Kier alpha value is -1.01. The molecule has 1 spiro atoms. The van der Waals surface area contributed by atoms with Crippen molar-refractivity contribution in [3.8, 4) is 0 Å². The molecule has 0 unspecified atom stereocenters. The minimum absolute atomic E-state index is 0.0128. The van der Waals surface area contributed by atoms with Gasteiger partial charge in [0.2, 0.25) is 5.91 Å². The van der Waals surface area contributed by atoms with E-state index >= 15 is 0 Å². The van der Waals surface area contributed by atoms with E-state index in [2.05, 4.69) is 5.32 Å². The molecule has 0 atom stereocenters. The first-order chi connectivity index (χ1) is 10.7. The van der Waals surface area contributed by atoms with E-state index in [0.717, 1.165) is 25.7 Å². The predicted molar refractivity (Wildman–Crippen MR) is 87.6 cm³/mol. The summed E-state index contributed by atoms with van der Waals surface area (Å²) in [5.41, 5.74) is -0.777. The molecule has 1 saturated carbocycles. The Kier molecular flexibility index (Phi) is 5.79. The molecule has 0 radical (unpaired) electrons. The molecule has 0 aromatic carbocycles. The van der Waals surface area contributed by atoms with Gasteiger partial charge in [-0.25, -0.2) is 4.79 Å². The molecule has 132 valence electrons. The van der Waals surface area contributed by atoms with Crippen molar-refractivity contribution in [2.75, 3.05) is 25.6 Å². The topological polar surface area (TPSA) is 67.9 Å². The van der Waals surface area contributed by atoms with Crippen LogP contribution in [0.3, 0.4) is 0 Å². The first kappa shape index (κ1) is 18.3. The molecular formula is C16H27ClN2O4. The van der Waals surface area contributed by atoms with Crippen molar-refractivity contribution in [3.63, 3.8) is 0 Å². The lowest BCUT2D eigenvalue weighted by Gasteiger charge is -2.46. The first-order valence-electron chi connectivity index (χ1n) is 8.20. The third-order valence-corrected chi connectivity index (χ3v) is 4.56. The van der Waals surface area contributed by atoms with Gasteiger partial charge in [0.1, 0.15) is 11.5 Å². The zero-order valence-electron chi connectivity index (χ0n) is 14.2. The SMILES string of the molecule is CC(C)(C)OC(=O)NC1CCC2(CC1)CN(C(=O)CCl)CCO2. The maximum Gasteiger partial charge on any atom is 0.407 e. The van der Waals surface area contributed by atoms with Gasteiger partial charge in [-0.3, -0.25) is 4.79 Å². The Labute approximate surface area is 142 Å². The Balaban J connectivity index is 1.83. The van der Waals surface area contributed by atoms with E-state index in [0.29, 0.717) is 19.7 Å². The number of halogens is 1. The van der Waals surface area contributed by atoms with E-state index in [1.54, 1.807) is 4.90 Å². The maximum absolute atomic E-state index is 11.8. The number of nitrogens with one attached hydrogen (secondary N) is 1. The Morgan fingerprint density at radius 2 is 2.00 bits per heavy atom. The summed E-state index contributed by atoms with van der Waals surface area (Å²) < 4.78 is 11.3. The third-order valence-electron chi connectivity index (χ3n) is 4.33. The van der Waals surface area contributed by atoms with E-state index in [-0.39, 0.29) is 29.5 Å². The second-order valence-electron chi connectivity index (χ2n) is 7.40. The van der Waals surface area contributed by atoms with Gasteiger partial charge < -0.3 is 19.7 Å². The van der Waals surface area contributed by atoms with Crippen molar-refractivity contribution in [3.05, 3.63) is 0 Å². The van der Waals surface area contributed by atoms with Gasteiger partial charge in [-0.05, 0) is 46.5 Å². The van der Waals surface area contributed by atoms with Crippen molar-refractivity contribution in [2.24, 2.45) is 0 Å². The molecule has 1 N–H and O–H groups in total. The number of ether oxygens (including phenoxy) is 2. The smallest absolute Gasteiger partial charge is 0.407 e. The van der Waals surface area contributed by atoms with E-state index < -0.39 is 5.60 Å². The molecule has 1 aliphatic carbocycles. The number of morpholine rings is 1. The fraction of sp³-hybridized carbons (Fsp3) is 0.875. The van der Waals surface area contributed by atoms with Gasteiger partial charge in [0.25, 0.3) is 0 Å². The number of amides is 2. The Morgan fingerprint density at radius 3 is 2.57 bits per heavy atom. The number of hydrogen-bond donors (Lipinski definition) is 1. The summed E-state index contributed by atoms with van der Waals surface area (Å²) in [5, 5.41) is 2.92. The van der Waals surface area contributed by atoms with Gasteiger partial charge in [0.15, 0.2) is 0 Å². The van der Waals surface area contributed by atoms with Crippen LogP contribution in [0.2, 0.25) is 0 Å². The quantitative estimate of drug-likeness (QED) is 0.779. The van der Waals surface area contributed by atoms with E-state index in [9.17, 15) is 9.59 Å². The summed E-state index contributed by atoms with van der Waals surface area (Å²) in [6.45, 7) is 7.29. The normalized spacial score (nSPS) is 28.5. The number of carbonyl (C=O) groups is 2. The second-order valence-corrected chi connectivity index (χ2v) is 7.67. The van der Waals surface area contributed by atoms with Crippen LogP contribution in [0.25, 0.3) is 0 Å². The van der Waals surface area contributed by atoms with Crippen molar-refractivity contribution < 1.29 is 19.1 Å². The highest BCUT2D eigenvalue weighted by atomic mass is 35.5. The standard InChI is InChI=1S/C16H27ClN2O4/c1-15(2,3)23-14(21)18-12-4-6-16(7-5-12)11-19(8-9-22-16)13(20)10-17/h12H,4-11H2,1-3H3,(H,18,21). The molecule has 2 amide bonds. The fourth-order valence-electron chi connectivity index (χ4n) is 3.21. The number of carbonyl (C=O) groups excluding carboxylic acids is 2. The molecule has 7 heteroatoms. The molecule has 1 saturated heterocycles. The van der Waals surface area contributed by atoms with Crippen molar-refractivity contribution in [2.45, 2.75) is 63.7 Å². The molecule has 1 aliphatic heterocycles. The predicted octanol–water partition coefficient (Wildman–Crippen LogP) is 2.29. The number of alkyl carbamates (subject to hydrolysis) is 1. The molecule has 2 fully saturated rings. The summed E-state index contributed by atoms with van der Waals surface area (Å²) in [4.78, 5) is 25.4. The molecule has 0 bridgehead atoms. The zero-order chi connectivity index (χ0) is 17.1. The molecule has 0 aromatic heterocycles. The minimum atomic E-state index is -0.491. The van der Waals surface area contributed by atoms with Crippen LogP contribution in [-0.2, 0) is 14.3 Å². The average Bonchev–Trinajstić information content (AvgIpc) is 2.47. The summed E-state index contributed by atoms with van der Waals surface area (Å²) >= 11 is 5.65. The van der Waals surface area contributed by atoms with Crippen molar-refractivity contribution in [1.29, 1.82) is 0 Å². The van der Waals surface area contributed by atoms with Crippen LogP contribution in [0, 0.1) is 0 Å². The van der Waals surface area contributed by atoms with E-state index in [1.807, 2.05) is 20.8 Å². The van der Waals surface area contributed by atoms with Gasteiger partial charge in [-0.15, -0.1) is 11.6 Å². The number of alkyl halides is 1. The summed E-state index contributed by atoms with van der Waals surface area (Å²) in [6.07, 6.45) is 2.91. The Bertz CT molecular complexity index is 442. The van der Waals surface area contributed by atoms with Crippen LogP contribution in [0.15, 0.2) is 0 Å². The maximum atomic E-state index is 11.8. The molecule has 1 heterocycles. The monoisotopic (exact) mass is 346 g/mol. The van der Waals surface area contributed by atoms with Crippen LogP contribution >= 0.6 is 11.6 Å².